The van der Waals surface area contributed by atoms with Gasteiger partial charge < -0.3 is 15.0 Å². The average molecular weight is 481 g/mol. The number of rotatable bonds is 2. The molecule has 2 fully saturated rings. The molecule has 0 spiro atoms. The third kappa shape index (κ3) is 4.59. The van der Waals surface area contributed by atoms with Crippen molar-refractivity contribution in [3.63, 3.8) is 0 Å². The first kappa shape index (κ1) is 22.2. The number of hydrogen-bond acceptors (Lipinski definition) is 7. The fraction of sp³-hybridized carbons (Fsp3) is 0.524. The van der Waals surface area contributed by atoms with Gasteiger partial charge in [0.05, 0.1) is 35.0 Å². The Bertz CT molecular complexity index is 1100. The van der Waals surface area contributed by atoms with Crippen molar-refractivity contribution in [3.8, 4) is 0 Å². The van der Waals surface area contributed by atoms with Gasteiger partial charge in [-0.05, 0) is 31.5 Å². The molecule has 3 aliphatic heterocycles. The van der Waals surface area contributed by atoms with E-state index in [0.717, 1.165) is 36.8 Å². The normalized spacial score (nSPS) is 25.9. The number of ether oxygens (including phenoxy) is 1. The van der Waals surface area contributed by atoms with Gasteiger partial charge in [-0.2, -0.15) is 18.2 Å². The SMILES string of the molecule is O=C1NC(N2CCOCC2)=NC(=N[C@@H]2CCCNC2)C1c1nc2cccc(C(F)(F)F)c2s1. The Morgan fingerprint density at radius 2 is 2.06 bits per heavy atom. The van der Waals surface area contributed by atoms with Crippen LogP contribution in [-0.2, 0) is 15.7 Å². The average Bonchev–Trinajstić information content (AvgIpc) is 3.23. The van der Waals surface area contributed by atoms with Gasteiger partial charge in [-0.25, -0.2) is 4.98 Å². The Hall–Kier alpha value is -2.57. The molecule has 3 aliphatic rings. The number of carbonyl (C=O) groups is 1. The molecule has 33 heavy (non-hydrogen) atoms. The van der Waals surface area contributed by atoms with Crippen LogP contribution in [0.25, 0.3) is 10.2 Å². The lowest BCUT2D eigenvalue weighted by Crippen LogP contribution is -2.53. The zero-order chi connectivity index (χ0) is 23.0. The van der Waals surface area contributed by atoms with E-state index in [2.05, 4.69) is 20.6 Å². The Kier molecular flexibility index (Phi) is 6.06. The van der Waals surface area contributed by atoms with Crippen LogP contribution in [-0.4, -0.2) is 73.0 Å². The molecule has 0 aliphatic carbocycles. The van der Waals surface area contributed by atoms with Crippen molar-refractivity contribution in [3.05, 3.63) is 28.8 Å². The molecule has 2 aromatic rings. The number of nitrogens with one attached hydrogen (secondary N) is 2. The highest BCUT2D eigenvalue weighted by atomic mass is 32.1. The van der Waals surface area contributed by atoms with Crippen molar-refractivity contribution < 1.29 is 22.7 Å². The quantitative estimate of drug-likeness (QED) is 0.689. The predicted octanol–water partition coefficient (Wildman–Crippen LogP) is 2.37. The summed E-state index contributed by atoms with van der Waals surface area (Å²) in [6.45, 7) is 3.78. The van der Waals surface area contributed by atoms with E-state index in [0.29, 0.717) is 44.6 Å². The number of piperidine rings is 1. The van der Waals surface area contributed by atoms with Crippen molar-refractivity contribution in [2.24, 2.45) is 9.98 Å². The summed E-state index contributed by atoms with van der Waals surface area (Å²) in [5.74, 6) is -0.655. The Morgan fingerprint density at radius 3 is 2.79 bits per heavy atom. The number of fused-ring (bicyclic) bond motifs is 1. The molecule has 1 unspecified atom stereocenters. The number of morpholine rings is 1. The highest BCUT2D eigenvalue weighted by Crippen LogP contribution is 2.39. The van der Waals surface area contributed by atoms with Crippen molar-refractivity contribution in [2.45, 2.75) is 31.0 Å². The molecule has 0 radical (unpaired) electrons. The number of carbonyl (C=O) groups excluding carboxylic acids is 1. The summed E-state index contributed by atoms with van der Waals surface area (Å²) in [5.41, 5.74) is -0.549. The van der Waals surface area contributed by atoms with E-state index in [4.69, 9.17) is 9.73 Å². The van der Waals surface area contributed by atoms with Gasteiger partial charge in [0, 0.05) is 19.6 Å². The molecule has 1 aromatic heterocycles. The van der Waals surface area contributed by atoms with Gasteiger partial charge in [-0.3, -0.25) is 15.1 Å². The number of halogens is 3. The lowest BCUT2D eigenvalue weighted by atomic mass is 10.0. The minimum atomic E-state index is -4.51. The summed E-state index contributed by atoms with van der Waals surface area (Å²) >= 11 is 0.872. The first-order valence-corrected chi connectivity index (χ1v) is 11.7. The van der Waals surface area contributed by atoms with Gasteiger partial charge in [0.2, 0.25) is 11.9 Å². The minimum Gasteiger partial charge on any atom is -0.378 e. The third-order valence-corrected chi connectivity index (χ3v) is 7.03. The number of aromatic nitrogens is 1. The summed E-state index contributed by atoms with van der Waals surface area (Å²) < 4.78 is 45.9. The van der Waals surface area contributed by atoms with Gasteiger partial charge in [0.15, 0.2) is 0 Å². The maximum atomic E-state index is 13.5. The van der Waals surface area contributed by atoms with Crippen molar-refractivity contribution in [1.82, 2.24) is 20.5 Å². The number of guanidine groups is 1. The molecule has 1 amide bonds. The van der Waals surface area contributed by atoms with E-state index < -0.39 is 17.7 Å². The summed E-state index contributed by atoms with van der Waals surface area (Å²) in [7, 11) is 0. The van der Waals surface area contributed by atoms with Crippen LogP contribution in [0.5, 0.6) is 0 Å². The zero-order valence-corrected chi connectivity index (χ0v) is 18.5. The van der Waals surface area contributed by atoms with E-state index in [1.165, 1.54) is 12.1 Å². The second-order valence-electron chi connectivity index (χ2n) is 8.15. The molecule has 0 bridgehead atoms. The van der Waals surface area contributed by atoms with Crippen LogP contribution in [0.2, 0.25) is 0 Å². The monoisotopic (exact) mass is 480 g/mol. The molecule has 8 nitrogen and oxygen atoms in total. The fourth-order valence-corrected chi connectivity index (χ4v) is 5.39. The van der Waals surface area contributed by atoms with E-state index in [1.54, 1.807) is 0 Å². The zero-order valence-electron chi connectivity index (χ0n) is 17.7. The number of benzene rings is 1. The highest BCUT2D eigenvalue weighted by Gasteiger charge is 2.39. The molecule has 2 N–H and O–H groups in total. The number of thiazole rings is 1. The van der Waals surface area contributed by atoms with Crippen molar-refractivity contribution in [2.75, 3.05) is 39.4 Å². The van der Waals surface area contributed by atoms with E-state index in [1.807, 2.05) is 4.90 Å². The molecule has 0 saturated carbocycles. The van der Waals surface area contributed by atoms with Crippen LogP contribution in [0.1, 0.15) is 29.3 Å². The summed E-state index contributed by atoms with van der Waals surface area (Å²) in [6, 6.07) is 3.82. The number of alkyl halides is 3. The number of hydrogen-bond donors (Lipinski definition) is 2. The first-order valence-electron chi connectivity index (χ1n) is 10.9. The van der Waals surface area contributed by atoms with Crippen LogP contribution in [0, 0.1) is 0 Å². The van der Waals surface area contributed by atoms with Crippen LogP contribution in [0.4, 0.5) is 13.2 Å². The number of nitrogens with zero attached hydrogens (tertiary/aromatic N) is 4. The molecular formula is C21H23F3N6O2S. The third-order valence-electron chi connectivity index (χ3n) is 5.86. The standard InChI is InChI=1S/C21H23F3N6O2S/c22-21(23,24)13-4-1-5-14-16(13)33-19(27-14)15-17(26-12-3-2-6-25-11-12)28-20(29-18(15)31)30-7-9-32-10-8-30/h1,4-5,12,15,25H,2-3,6-11H2,(H,26,28,29,31)/t12-,15?/m1/s1. The van der Waals surface area contributed by atoms with E-state index in [9.17, 15) is 18.0 Å². The number of amides is 1. The maximum Gasteiger partial charge on any atom is 0.417 e. The summed E-state index contributed by atoms with van der Waals surface area (Å²) in [4.78, 5) is 29.0. The fourth-order valence-electron chi connectivity index (χ4n) is 4.20. The summed E-state index contributed by atoms with van der Waals surface area (Å²) in [5, 5.41) is 6.37. The van der Waals surface area contributed by atoms with Gasteiger partial charge in [0.1, 0.15) is 16.8 Å². The van der Waals surface area contributed by atoms with Crippen LogP contribution in [0.15, 0.2) is 28.2 Å². The highest BCUT2D eigenvalue weighted by molar-refractivity contribution is 7.19. The second-order valence-corrected chi connectivity index (χ2v) is 9.18. The molecule has 2 atom stereocenters. The molecule has 12 heteroatoms. The smallest absolute Gasteiger partial charge is 0.378 e. The number of amidine groups is 1. The molecule has 176 valence electrons. The van der Waals surface area contributed by atoms with Gasteiger partial charge in [-0.15, -0.1) is 11.3 Å². The van der Waals surface area contributed by atoms with Crippen molar-refractivity contribution >= 4 is 39.3 Å². The summed E-state index contributed by atoms with van der Waals surface area (Å²) in [6.07, 6.45) is -2.70. The lowest BCUT2D eigenvalue weighted by molar-refractivity contribution is -0.136. The van der Waals surface area contributed by atoms with Crippen LogP contribution < -0.4 is 10.6 Å². The largest absolute Gasteiger partial charge is 0.417 e. The van der Waals surface area contributed by atoms with E-state index in [-0.39, 0.29) is 27.2 Å². The topological polar surface area (TPSA) is 91.2 Å². The van der Waals surface area contributed by atoms with E-state index >= 15 is 0 Å². The van der Waals surface area contributed by atoms with Gasteiger partial charge >= 0.3 is 6.18 Å². The molecule has 2 saturated heterocycles. The Morgan fingerprint density at radius 1 is 1.24 bits per heavy atom. The Balaban J connectivity index is 1.56. The van der Waals surface area contributed by atoms with Gasteiger partial charge in [-0.1, -0.05) is 6.07 Å². The molecular weight excluding hydrogens is 457 g/mol. The maximum absolute atomic E-state index is 13.5. The number of aliphatic imine (C=N–C) groups is 2. The van der Waals surface area contributed by atoms with Crippen LogP contribution >= 0.6 is 11.3 Å². The van der Waals surface area contributed by atoms with Crippen LogP contribution in [0.3, 0.4) is 0 Å². The Labute approximate surface area is 191 Å². The second kappa shape index (κ2) is 8.99. The predicted molar refractivity (Wildman–Crippen MR) is 119 cm³/mol. The minimum absolute atomic E-state index is 0.00874. The first-order chi connectivity index (χ1) is 15.9. The molecule has 4 heterocycles. The molecule has 5 rings (SSSR count). The lowest BCUT2D eigenvalue weighted by Gasteiger charge is -2.33. The van der Waals surface area contributed by atoms with Crippen molar-refractivity contribution in [1.29, 1.82) is 0 Å². The molecule has 1 aromatic carbocycles. The van der Waals surface area contributed by atoms with Gasteiger partial charge in [0.25, 0.3) is 0 Å².